The predicted octanol–water partition coefficient (Wildman–Crippen LogP) is 2.26. The standard InChI is InChI=1S/C9H7FN2OS/c10-7-2-1-3-9(4-7)13-6-8-5-11-14-12-8/h1-5H,6H2. The maximum absolute atomic E-state index is 12.7. The average molecular weight is 210 g/mol. The second kappa shape index (κ2) is 4.15. The lowest BCUT2D eigenvalue weighted by Crippen LogP contribution is -1.95. The van der Waals surface area contributed by atoms with E-state index in [0.717, 1.165) is 17.4 Å². The summed E-state index contributed by atoms with van der Waals surface area (Å²) in [5.41, 5.74) is 0.749. The minimum Gasteiger partial charge on any atom is -0.487 e. The molecule has 14 heavy (non-hydrogen) atoms. The molecule has 0 aliphatic heterocycles. The van der Waals surface area contributed by atoms with Crippen molar-refractivity contribution >= 4 is 11.7 Å². The van der Waals surface area contributed by atoms with E-state index in [1.54, 1.807) is 18.3 Å². The fourth-order valence-corrected chi connectivity index (χ4v) is 1.38. The van der Waals surface area contributed by atoms with Crippen LogP contribution in [0, 0.1) is 5.82 Å². The van der Waals surface area contributed by atoms with Crippen LogP contribution in [-0.4, -0.2) is 8.75 Å². The van der Waals surface area contributed by atoms with Crippen molar-refractivity contribution in [2.45, 2.75) is 6.61 Å². The molecule has 0 saturated carbocycles. The Hall–Kier alpha value is -1.49. The first-order valence-electron chi connectivity index (χ1n) is 3.99. The number of rotatable bonds is 3. The molecule has 0 fully saturated rings. The van der Waals surface area contributed by atoms with Crippen molar-refractivity contribution in [3.8, 4) is 5.75 Å². The van der Waals surface area contributed by atoms with Gasteiger partial charge in [0.05, 0.1) is 17.9 Å². The highest BCUT2D eigenvalue weighted by atomic mass is 32.1. The first-order valence-corrected chi connectivity index (χ1v) is 4.72. The molecular formula is C9H7FN2OS. The summed E-state index contributed by atoms with van der Waals surface area (Å²) in [5, 5.41) is 0. The molecule has 0 saturated heterocycles. The number of hydrogen-bond donors (Lipinski definition) is 0. The lowest BCUT2D eigenvalue weighted by atomic mass is 10.3. The van der Waals surface area contributed by atoms with E-state index in [1.165, 1.54) is 12.1 Å². The molecule has 0 aliphatic carbocycles. The van der Waals surface area contributed by atoms with Gasteiger partial charge in [0.2, 0.25) is 0 Å². The molecule has 0 spiro atoms. The summed E-state index contributed by atoms with van der Waals surface area (Å²) >= 11 is 1.12. The molecule has 72 valence electrons. The van der Waals surface area contributed by atoms with Crippen LogP contribution in [0.25, 0.3) is 0 Å². The zero-order valence-electron chi connectivity index (χ0n) is 7.18. The summed E-state index contributed by atoms with van der Waals surface area (Å²) in [6.07, 6.45) is 1.63. The summed E-state index contributed by atoms with van der Waals surface area (Å²) in [6, 6.07) is 6.00. The normalized spacial score (nSPS) is 10.1. The van der Waals surface area contributed by atoms with Gasteiger partial charge < -0.3 is 4.74 Å². The van der Waals surface area contributed by atoms with Crippen LogP contribution in [-0.2, 0) is 6.61 Å². The largest absolute Gasteiger partial charge is 0.487 e. The number of benzene rings is 1. The smallest absolute Gasteiger partial charge is 0.133 e. The second-order valence-corrected chi connectivity index (χ2v) is 3.20. The third kappa shape index (κ3) is 2.26. The zero-order chi connectivity index (χ0) is 9.80. The predicted molar refractivity (Wildman–Crippen MR) is 50.6 cm³/mol. The van der Waals surface area contributed by atoms with Crippen molar-refractivity contribution in [3.63, 3.8) is 0 Å². The van der Waals surface area contributed by atoms with Crippen molar-refractivity contribution in [2.24, 2.45) is 0 Å². The van der Waals surface area contributed by atoms with Gasteiger partial charge in [0, 0.05) is 6.07 Å². The quantitative estimate of drug-likeness (QED) is 0.779. The number of nitrogens with zero attached hydrogens (tertiary/aromatic N) is 2. The lowest BCUT2D eigenvalue weighted by Gasteiger charge is -2.02. The van der Waals surface area contributed by atoms with Gasteiger partial charge in [-0.1, -0.05) is 6.07 Å². The first-order chi connectivity index (χ1) is 6.84. The monoisotopic (exact) mass is 210 g/mol. The molecule has 5 heteroatoms. The molecule has 0 aliphatic rings. The van der Waals surface area contributed by atoms with E-state index < -0.39 is 0 Å². The summed E-state index contributed by atoms with van der Waals surface area (Å²) in [4.78, 5) is 0. The number of ether oxygens (including phenoxy) is 1. The number of aromatic nitrogens is 2. The van der Waals surface area contributed by atoms with Gasteiger partial charge in [0.25, 0.3) is 0 Å². The van der Waals surface area contributed by atoms with E-state index >= 15 is 0 Å². The average Bonchev–Trinajstić information content (AvgIpc) is 2.67. The molecule has 1 aromatic carbocycles. The summed E-state index contributed by atoms with van der Waals surface area (Å²) in [5.74, 6) is 0.192. The first kappa shape index (κ1) is 9.08. The molecule has 2 rings (SSSR count). The third-order valence-electron chi connectivity index (χ3n) is 1.59. The van der Waals surface area contributed by atoms with Crippen LogP contribution in [0.4, 0.5) is 4.39 Å². The van der Waals surface area contributed by atoms with Gasteiger partial charge in [0.1, 0.15) is 23.9 Å². The van der Waals surface area contributed by atoms with Crippen LogP contribution in [0.2, 0.25) is 0 Å². The Labute approximate surface area is 84.5 Å². The van der Waals surface area contributed by atoms with E-state index in [9.17, 15) is 4.39 Å². The second-order valence-electron chi connectivity index (χ2n) is 2.64. The van der Waals surface area contributed by atoms with E-state index in [2.05, 4.69) is 8.75 Å². The Morgan fingerprint density at radius 2 is 2.36 bits per heavy atom. The van der Waals surface area contributed by atoms with Crippen molar-refractivity contribution in [2.75, 3.05) is 0 Å². The highest BCUT2D eigenvalue weighted by Crippen LogP contribution is 2.13. The van der Waals surface area contributed by atoms with E-state index in [0.29, 0.717) is 12.4 Å². The van der Waals surface area contributed by atoms with Gasteiger partial charge >= 0.3 is 0 Å². The summed E-state index contributed by atoms with van der Waals surface area (Å²) in [7, 11) is 0. The van der Waals surface area contributed by atoms with Crippen molar-refractivity contribution in [1.29, 1.82) is 0 Å². The Kier molecular flexibility index (Phi) is 2.69. The summed E-state index contributed by atoms with van der Waals surface area (Å²) < 4.78 is 25.8. The van der Waals surface area contributed by atoms with Gasteiger partial charge in [-0.15, -0.1) is 0 Å². The number of halogens is 1. The molecule has 0 atom stereocenters. The van der Waals surface area contributed by atoms with Gasteiger partial charge in [-0.05, 0) is 12.1 Å². The van der Waals surface area contributed by atoms with Crippen LogP contribution >= 0.6 is 11.7 Å². The van der Waals surface area contributed by atoms with Crippen LogP contribution < -0.4 is 4.74 Å². The van der Waals surface area contributed by atoms with Crippen LogP contribution in [0.1, 0.15) is 5.69 Å². The van der Waals surface area contributed by atoms with E-state index in [4.69, 9.17) is 4.74 Å². The highest BCUT2D eigenvalue weighted by molar-refractivity contribution is 6.99. The van der Waals surface area contributed by atoms with Crippen LogP contribution in [0.3, 0.4) is 0 Å². The highest BCUT2D eigenvalue weighted by Gasteiger charge is 1.99. The maximum Gasteiger partial charge on any atom is 0.133 e. The molecule has 2 aromatic rings. The van der Waals surface area contributed by atoms with Crippen LogP contribution in [0.15, 0.2) is 30.5 Å². The molecule has 1 heterocycles. The van der Waals surface area contributed by atoms with E-state index in [1.807, 2.05) is 0 Å². The molecule has 0 amide bonds. The minimum absolute atomic E-state index is 0.307. The molecule has 3 nitrogen and oxygen atoms in total. The molecule has 0 unspecified atom stereocenters. The van der Waals surface area contributed by atoms with Crippen molar-refractivity contribution in [1.82, 2.24) is 8.75 Å². The van der Waals surface area contributed by atoms with Crippen molar-refractivity contribution < 1.29 is 9.13 Å². The van der Waals surface area contributed by atoms with Gasteiger partial charge in [-0.2, -0.15) is 8.75 Å². The third-order valence-corrected chi connectivity index (χ3v) is 2.11. The Bertz CT molecular complexity index is 405. The Balaban J connectivity index is 1.98. The minimum atomic E-state index is -0.307. The Morgan fingerprint density at radius 1 is 1.43 bits per heavy atom. The van der Waals surface area contributed by atoms with Crippen LogP contribution in [0.5, 0.6) is 5.75 Å². The topological polar surface area (TPSA) is 35.0 Å². The summed E-state index contributed by atoms with van der Waals surface area (Å²) in [6.45, 7) is 0.319. The maximum atomic E-state index is 12.7. The molecule has 1 aromatic heterocycles. The molecule has 0 bridgehead atoms. The van der Waals surface area contributed by atoms with Crippen molar-refractivity contribution in [3.05, 3.63) is 42.0 Å². The van der Waals surface area contributed by atoms with Gasteiger partial charge in [0.15, 0.2) is 0 Å². The Morgan fingerprint density at radius 3 is 3.07 bits per heavy atom. The fourth-order valence-electron chi connectivity index (χ4n) is 0.962. The van der Waals surface area contributed by atoms with Gasteiger partial charge in [-0.25, -0.2) is 4.39 Å². The SMILES string of the molecule is Fc1cccc(OCc2cnsn2)c1. The number of hydrogen-bond acceptors (Lipinski definition) is 4. The molecule has 0 radical (unpaired) electrons. The molecular weight excluding hydrogens is 203 g/mol. The van der Waals surface area contributed by atoms with E-state index in [-0.39, 0.29) is 5.82 Å². The lowest BCUT2D eigenvalue weighted by molar-refractivity contribution is 0.301. The van der Waals surface area contributed by atoms with Gasteiger partial charge in [-0.3, -0.25) is 0 Å². The molecule has 0 N–H and O–H groups in total. The fraction of sp³-hybridized carbons (Fsp3) is 0.111. The zero-order valence-corrected chi connectivity index (χ0v) is 8.00.